The van der Waals surface area contributed by atoms with Crippen LogP contribution >= 0.6 is 0 Å². The van der Waals surface area contributed by atoms with Crippen LogP contribution in [0.3, 0.4) is 0 Å². The maximum absolute atomic E-state index is 12.5. The average Bonchev–Trinajstić information content (AvgIpc) is 3.16. The molecule has 1 fully saturated rings. The number of hydrogen-bond acceptors (Lipinski definition) is 5. The molecule has 1 saturated heterocycles. The largest absolute Gasteiger partial charge is 0.335 e. The molecule has 1 aromatic carbocycles. The maximum Gasteiger partial charge on any atom is 0.276 e. The summed E-state index contributed by atoms with van der Waals surface area (Å²) >= 11 is 0. The van der Waals surface area contributed by atoms with E-state index in [0.717, 1.165) is 39.3 Å². The van der Waals surface area contributed by atoms with Gasteiger partial charge < -0.3 is 14.7 Å². The quantitative estimate of drug-likeness (QED) is 0.738. The van der Waals surface area contributed by atoms with E-state index in [0.29, 0.717) is 12.2 Å². The van der Waals surface area contributed by atoms with Gasteiger partial charge in [-0.25, -0.2) is 0 Å². The molecule has 2 aromatic rings. The van der Waals surface area contributed by atoms with E-state index >= 15 is 0 Å². The van der Waals surface area contributed by atoms with E-state index in [2.05, 4.69) is 58.5 Å². The van der Waals surface area contributed by atoms with Crippen molar-refractivity contribution in [1.29, 1.82) is 0 Å². The lowest BCUT2D eigenvalue weighted by Crippen LogP contribution is -2.47. The highest BCUT2D eigenvalue weighted by Crippen LogP contribution is 2.06. The number of piperazine rings is 1. The second-order valence-electron chi connectivity index (χ2n) is 7.04. The predicted octanol–water partition coefficient (Wildman–Crippen LogP) is 1.31. The molecule has 0 N–H and O–H groups in total. The van der Waals surface area contributed by atoms with Crippen LogP contribution in [-0.2, 0) is 6.54 Å². The summed E-state index contributed by atoms with van der Waals surface area (Å²) < 4.78 is 1.75. The molecule has 27 heavy (non-hydrogen) atoms. The molecular weight excluding hydrogens is 340 g/mol. The molecule has 2 heterocycles. The van der Waals surface area contributed by atoms with Crippen molar-refractivity contribution in [2.75, 3.05) is 53.4 Å². The number of aromatic nitrogens is 3. The minimum atomic E-state index is -0.0199. The first-order valence-corrected chi connectivity index (χ1v) is 9.40. The molecule has 0 atom stereocenters. The van der Waals surface area contributed by atoms with Gasteiger partial charge in [0.15, 0.2) is 5.69 Å². The Morgan fingerprint density at radius 2 is 1.93 bits per heavy atom. The van der Waals surface area contributed by atoms with E-state index in [1.165, 1.54) is 5.56 Å². The van der Waals surface area contributed by atoms with E-state index in [4.69, 9.17) is 0 Å². The molecule has 0 saturated carbocycles. The van der Waals surface area contributed by atoms with Crippen molar-refractivity contribution in [3.63, 3.8) is 0 Å². The van der Waals surface area contributed by atoms with Crippen molar-refractivity contribution >= 4 is 12.0 Å². The van der Waals surface area contributed by atoms with Crippen LogP contribution in [0.1, 0.15) is 16.1 Å². The summed E-state index contributed by atoms with van der Waals surface area (Å²) in [6.07, 6.45) is 6.03. The first-order valence-electron chi connectivity index (χ1n) is 9.40. The number of likely N-dealkylation sites (N-methyl/N-ethyl adjacent to an activating group) is 2. The standard InChI is InChI=1S/C20H28N6O/c1-23(10-6-9-18-7-4-3-5-8-18)13-16-26-17-19(21-22-26)20(27)25-14-11-24(2)12-15-25/h3-9,17H,10-16H2,1-2H3/b9-6+. The fourth-order valence-electron chi connectivity index (χ4n) is 2.97. The van der Waals surface area contributed by atoms with Crippen molar-refractivity contribution in [2.45, 2.75) is 6.54 Å². The molecule has 0 bridgehead atoms. The van der Waals surface area contributed by atoms with Crippen LogP contribution in [0.15, 0.2) is 42.6 Å². The minimum absolute atomic E-state index is 0.0199. The monoisotopic (exact) mass is 368 g/mol. The summed E-state index contributed by atoms with van der Waals surface area (Å²) in [5.74, 6) is -0.0199. The summed E-state index contributed by atoms with van der Waals surface area (Å²) in [4.78, 5) is 18.8. The lowest BCUT2D eigenvalue weighted by Gasteiger charge is -2.31. The predicted molar refractivity (Wildman–Crippen MR) is 106 cm³/mol. The topological polar surface area (TPSA) is 57.5 Å². The number of rotatable bonds is 7. The Morgan fingerprint density at radius 1 is 1.19 bits per heavy atom. The van der Waals surface area contributed by atoms with E-state index in [1.807, 2.05) is 23.1 Å². The van der Waals surface area contributed by atoms with Gasteiger partial charge in [-0.15, -0.1) is 5.10 Å². The van der Waals surface area contributed by atoms with Crippen LogP contribution in [0, 0.1) is 0 Å². The summed E-state index contributed by atoms with van der Waals surface area (Å²) in [6, 6.07) is 10.3. The van der Waals surface area contributed by atoms with Gasteiger partial charge in [0.1, 0.15) is 0 Å². The average molecular weight is 368 g/mol. The Labute approximate surface area is 160 Å². The van der Waals surface area contributed by atoms with Crippen molar-refractivity contribution in [3.8, 4) is 0 Å². The third-order valence-corrected chi connectivity index (χ3v) is 4.79. The van der Waals surface area contributed by atoms with E-state index in [9.17, 15) is 4.79 Å². The molecule has 7 heteroatoms. The Kier molecular flexibility index (Phi) is 6.73. The Morgan fingerprint density at radius 3 is 2.67 bits per heavy atom. The van der Waals surface area contributed by atoms with Crippen molar-refractivity contribution in [2.24, 2.45) is 0 Å². The highest BCUT2D eigenvalue weighted by molar-refractivity contribution is 5.92. The third-order valence-electron chi connectivity index (χ3n) is 4.79. The normalized spacial score (nSPS) is 15.7. The maximum atomic E-state index is 12.5. The van der Waals surface area contributed by atoms with Crippen LogP contribution in [-0.4, -0.2) is 89.0 Å². The number of amides is 1. The molecule has 0 aliphatic carbocycles. The highest BCUT2D eigenvalue weighted by atomic mass is 16.2. The fourth-order valence-corrected chi connectivity index (χ4v) is 2.97. The highest BCUT2D eigenvalue weighted by Gasteiger charge is 2.22. The van der Waals surface area contributed by atoms with E-state index in [1.54, 1.807) is 10.9 Å². The third kappa shape index (κ3) is 5.74. The van der Waals surface area contributed by atoms with Crippen LogP contribution in [0.2, 0.25) is 0 Å². The fraction of sp³-hybridized carbons (Fsp3) is 0.450. The number of carbonyl (C=O) groups excluding carboxylic acids is 1. The zero-order valence-electron chi connectivity index (χ0n) is 16.2. The molecule has 1 aliphatic rings. The summed E-state index contributed by atoms with van der Waals surface area (Å²) in [7, 11) is 4.15. The lowest BCUT2D eigenvalue weighted by molar-refractivity contribution is 0.0658. The van der Waals surface area contributed by atoms with Crippen molar-refractivity contribution in [3.05, 3.63) is 53.9 Å². The van der Waals surface area contributed by atoms with Crippen LogP contribution < -0.4 is 0 Å². The molecule has 1 amide bonds. The van der Waals surface area contributed by atoms with Gasteiger partial charge in [0.25, 0.3) is 5.91 Å². The van der Waals surface area contributed by atoms with Crippen LogP contribution in [0.4, 0.5) is 0 Å². The Hall–Kier alpha value is -2.51. The minimum Gasteiger partial charge on any atom is -0.335 e. The second kappa shape index (κ2) is 9.43. The smallest absolute Gasteiger partial charge is 0.276 e. The zero-order valence-corrected chi connectivity index (χ0v) is 16.2. The van der Waals surface area contributed by atoms with Gasteiger partial charge in [0.2, 0.25) is 0 Å². The number of nitrogens with zero attached hydrogens (tertiary/aromatic N) is 6. The van der Waals surface area contributed by atoms with Gasteiger partial charge in [-0.05, 0) is 19.7 Å². The SMILES string of the molecule is CN(C/C=C/c1ccccc1)CCn1cc(C(=O)N2CCN(C)CC2)nn1. The van der Waals surface area contributed by atoms with Gasteiger partial charge in [-0.3, -0.25) is 9.48 Å². The van der Waals surface area contributed by atoms with Gasteiger partial charge >= 0.3 is 0 Å². The van der Waals surface area contributed by atoms with Gasteiger partial charge in [0.05, 0.1) is 12.7 Å². The molecule has 1 aromatic heterocycles. The molecule has 0 spiro atoms. The Bertz CT molecular complexity index is 749. The summed E-state index contributed by atoms with van der Waals surface area (Å²) in [6.45, 7) is 5.71. The van der Waals surface area contributed by atoms with Crippen LogP contribution in [0.25, 0.3) is 6.08 Å². The molecule has 1 aliphatic heterocycles. The molecule has 144 valence electrons. The molecule has 0 unspecified atom stereocenters. The van der Waals surface area contributed by atoms with Crippen LogP contribution in [0.5, 0.6) is 0 Å². The zero-order chi connectivity index (χ0) is 19.1. The number of carbonyl (C=O) groups is 1. The van der Waals surface area contributed by atoms with Crippen molar-refractivity contribution < 1.29 is 4.79 Å². The van der Waals surface area contributed by atoms with Gasteiger partial charge in [-0.2, -0.15) is 0 Å². The molecule has 0 radical (unpaired) electrons. The Balaban J connectivity index is 1.43. The van der Waals surface area contributed by atoms with Gasteiger partial charge in [-0.1, -0.05) is 47.7 Å². The first kappa shape index (κ1) is 19.3. The number of hydrogen-bond donors (Lipinski definition) is 0. The molecule has 7 nitrogen and oxygen atoms in total. The van der Waals surface area contributed by atoms with Gasteiger partial charge in [0, 0.05) is 39.3 Å². The molecule has 3 rings (SSSR count). The van der Waals surface area contributed by atoms with E-state index in [-0.39, 0.29) is 5.91 Å². The summed E-state index contributed by atoms with van der Waals surface area (Å²) in [5, 5.41) is 8.18. The van der Waals surface area contributed by atoms with E-state index < -0.39 is 0 Å². The first-order chi connectivity index (χ1) is 13.1. The van der Waals surface area contributed by atoms with Crippen molar-refractivity contribution in [1.82, 2.24) is 29.7 Å². The number of benzene rings is 1. The second-order valence-corrected chi connectivity index (χ2v) is 7.04. The lowest BCUT2D eigenvalue weighted by atomic mass is 10.2. The summed E-state index contributed by atoms with van der Waals surface area (Å²) in [5.41, 5.74) is 1.64. The molecular formula is C20H28N6O.